The molecular weight excluding hydrogens is 291 g/mol. The van der Waals surface area contributed by atoms with Gasteiger partial charge in [0.05, 0.1) is 39.0 Å². The number of hydrogen-bond donors (Lipinski definition) is 1. The number of benzene rings is 2. The summed E-state index contributed by atoms with van der Waals surface area (Å²) in [4.78, 5) is 3.69. The minimum atomic E-state index is -0.123. The number of ether oxygens (including phenoxy) is 1. The van der Waals surface area contributed by atoms with Crippen LogP contribution in [0.15, 0.2) is 42.5 Å². The molecule has 0 radical (unpaired) electrons. The van der Waals surface area contributed by atoms with Crippen LogP contribution in [-0.2, 0) is 6.54 Å². The largest absolute Gasteiger partial charge is 0.496 e. The molecule has 0 unspecified atom stereocenters. The quantitative estimate of drug-likeness (QED) is 0.930. The molecule has 3 nitrogen and oxygen atoms in total. The molecule has 0 atom stereocenters. The van der Waals surface area contributed by atoms with Crippen molar-refractivity contribution in [3.63, 3.8) is 0 Å². The van der Waals surface area contributed by atoms with Crippen LogP contribution in [0, 0.1) is 12.7 Å². The van der Waals surface area contributed by atoms with Crippen molar-refractivity contribution in [1.29, 1.82) is 0 Å². The zero-order valence-electron chi connectivity index (χ0n) is 13.8. The molecule has 3 rings (SSSR count). The molecule has 0 bridgehead atoms. The SMILES string of the molecule is COc1ccc(C[NH+]2CCN(c3ccccc3F)CC2)cc1C. The van der Waals surface area contributed by atoms with E-state index in [4.69, 9.17) is 4.74 Å². The van der Waals surface area contributed by atoms with E-state index >= 15 is 0 Å². The molecule has 0 saturated carbocycles. The molecule has 23 heavy (non-hydrogen) atoms. The zero-order valence-corrected chi connectivity index (χ0v) is 13.8. The summed E-state index contributed by atoms with van der Waals surface area (Å²) >= 11 is 0. The second-order valence-electron chi connectivity index (χ2n) is 6.17. The summed E-state index contributed by atoms with van der Waals surface area (Å²) in [6, 6.07) is 13.4. The van der Waals surface area contributed by atoms with Crippen molar-refractivity contribution in [3.8, 4) is 5.75 Å². The smallest absolute Gasteiger partial charge is 0.146 e. The zero-order chi connectivity index (χ0) is 16.2. The summed E-state index contributed by atoms with van der Waals surface area (Å²) in [6.07, 6.45) is 0. The Kier molecular flexibility index (Phi) is 4.82. The van der Waals surface area contributed by atoms with Gasteiger partial charge in [0.1, 0.15) is 18.1 Å². The number of anilines is 1. The molecular formula is C19H24FN2O+. The number of aryl methyl sites for hydroxylation is 1. The van der Waals surface area contributed by atoms with E-state index in [1.165, 1.54) is 17.2 Å². The third-order valence-electron chi connectivity index (χ3n) is 4.58. The number of nitrogens with zero attached hydrogens (tertiary/aromatic N) is 1. The average Bonchev–Trinajstić information content (AvgIpc) is 2.56. The summed E-state index contributed by atoms with van der Waals surface area (Å²) in [7, 11) is 1.70. The van der Waals surface area contributed by atoms with Crippen LogP contribution in [0.25, 0.3) is 0 Å². The summed E-state index contributed by atoms with van der Waals surface area (Å²) in [5.74, 6) is 0.815. The van der Waals surface area contributed by atoms with E-state index in [9.17, 15) is 4.39 Å². The fraction of sp³-hybridized carbons (Fsp3) is 0.368. The first-order valence-corrected chi connectivity index (χ1v) is 8.14. The lowest BCUT2D eigenvalue weighted by atomic mass is 10.1. The van der Waals surface area contributed by atoms with Crippen LogP contribution < -0.4 is 14.5 Å². The van der Waals surface area contributed by atoms with Gasteiger partial charge in [-0.25, -0.2) is 4.39 Å². The summed E-state index contributed by atoms with van der Waals surface area (Å²) in [5.41, 5.74) is 3.24. The third kappa shape index (κ3) is 3.64. The second kappa shape index (κ2) is 7.01. The van der Waals surface area contributed by atoms with Crippen LogP contribution in [0.4, 0.5) is 10.1 Å². The molecule has 4 heteroatoms. The minimum Gasteiger partial charge on any atom is -0.496 e. The number of quaternary nitrogens is 1. The standard InChI is InChI=1S/C19H23FN2O/c1-15-13-16(7-8-19(15)23-2)14-21-9-11-22(12-10-21)18-6-4-3-5-17(18)20/h3-8,13H,9-12,14H2,1-2H3/p+1. The highest BCUT2D eigenvalue weighted by molar-refractivity contribution is 5.47. The van der Waals surface area contributed by atoms with Crippen molar-refractivity contribution in [3.05, 3.63) is 59.4 Å². The Morgan fingerprint density at radius 3 is 2.52 bits per heavy atom. The summed E-state index contributed by atoms with van der Waals surface area (Å²) in [5, 5.41) is 0. The first-order chi connectivity index (χ1) is 11.2. The molecule has 0 amide bonds. The van der Waals surface area contributed by atoms with Gasteiger partial charge >= 0.3 is 0 Å². The lowest BCUT2D eigenvalue weighted by molar-refractivity contribution is -0.914. The highest BCUT2D eigenvalue weighted by atomic mass is 19.1. The van der Waals surface area contributed by atoms with Crippen molar-refractivity contribution >= 4 is 5.69 Å². The Morgan fingerprint density at radius 1 is 1.13 bits per heavy atom. The number of para-hydroxylation sites is 1. The molecule has 2 aromatic rings. The second-order valence-corrected chi connectivity index (χ2v) is 6.17. The van der Waals surface area contributed by atoms with E-state index in [2.05, 4.69) is 24.0 Å². The maximum Gasteiger partial charge on any atom is 0.146 e. The van der Waals surface area contributed by atoms with E-state index in [1.54, 1.807) is 18.1 Å². The minimum absolute atomic E-state index is 0.123. The van der Waals surface area contributed by atoms with E-state index in [0.29, 0.717) is 0 Å². The maximum atomic E-state index is 13.9. The predicted molar refractivity (Wildman–Crippen MR) is 90.7 cm³/mol. The van der Waals surface area contributed by atoms with Gasteiger partial charge in [-0.15, -0.1) is 0 Å². The van der Waals surface area contributed by atoms with E-state index in [-0.39, 0.29) is 5.82 Å². The molecule has 0 aromatic heterocycles. The van der Waals surface area contributed by atoms with Gasteiger partial charge in [-0.05, 0) is 42.8 Å². The lowest BCUT2D eigenvalue weighted by Gasteiger charge is -2.33. The van der Waals surface area contributed by atoms with Crippen molar-refractivity contribution in [2.24, 2.45) is 0 Å². The highest BCUT2D eigenvalue weighted by Gasteiger charge is 2.22. The Labute approximate surface area is 137 Å². The summed E-state index contributed by atoms with van der Waals surface area (Å²) < 4.78 is 19.2. The van der Waals surface area contributed by atoms with Crippen LogP contribution in [0.3, 0.4) is 0 Å². The molecule has 1 heterocycles. The van der Waals surface area contributed by atoms with Gasteiger partial charge in [0.15, 0.2) is 0 Å². The fourth-order valence-electron chi connectivity index (χ4n) is 3.29. The van der Waals surface area contributed by atoms with Crippen LogP contribution in [0.1, 0.15) is 11.1 Å². The highest BCUT2D eigenvalue weighted by Crippen LogP contribution is 2.19. The fourth-order valence-corrected chi connectivity index (χ4v) is 3.29. The maximum absolute atomic E-state index is 13.9. The van der Waals surface area contributed by atoms with Gasteiger partial charge < -0.3 is 14.5 Å². The molecule has 1 N–H and O–H groups in total. The van der Waals surface area contributed by atoms with Gasteiger partial charge in [-0.1, -0.05) is 12.1 Å². The van der Waals surface area contributed by atoms with Crippen LogP contribution in [0.2, 0.25) is 0 Å². The Morgan fingerprint density at radius 2 is 1.87 bits per heavy atom. The first kappa shape index (κ1) is 15.8. The Balaban J connectivity index is 1.59. The van der Waals surface area contributed by atoms with Crippen LogP contribution >= 0.6 is 0 Å². The topological polar surface area (TPSA) is 16.9 Å². The van der Waals surface area contributed by atoms with Crippen molar-refractivity contribution < 1.29 is 14.0 Å². The summed E-state index contributed by atoms with van der Waals surface area (Å²) in [6.45, 7) is 6.93. The van der Waals surface area contributed by atoms with Crippen LogP contribution in [-0.4, -0.2) is 33.3 Å². The predicted octanol–water partition coefficient (Wildman–Crippen LogP) is 2.05. The van der Waals surface area contributed by atoms with Gasteiger partial charge in [-0.2, -0.15) is 0 Å². The number of piperazine rings is 1. The van der Waals surface area contributed by atoms with Crippen molar-refractivity contribution in [2.45, 2.75) is 13.5 Å². The Hall–Kier alpha value is -2.07. The van der Waals surface area contributed by atoms with E-state index in [0.717, 1.165) is 44.2 Å². The van der Waals surface area contributed by atoms with Gasteiger partial charge in [0.25, 0.3) is 0 Å². The number of halogens is 1. The number of hydrogen-bond acceptors (Lipinski definition) is 2. The molecule has 0 aliphatic carbocycles. The molecule has 1 aliphatic rings. The molecule has 2 aromatic carbocycles. The first-order valence-electron chi connectivity index (χ1n) is 8.14. The molecule has 122 valence electrons. The molecule has 1 fully saturated rings. The van der Waals surface area contributed by atoms with Crippen LogP contribution in [0.5, 0.6) is 5.75 Å². The molecule has 1 aliphatic heterocycles. The van der Waals surface area contributed by atoms with Gasteiger partial charge in [0.2, 0.25) is 0 Å². The van der Waals surface area contributed by atoms with E-state index < -0.39 is 0 Å². The lowest BCUT2D eigenvalue weighted by Crippen LogP contribution is -3.13. The molecule has 1 saturated heterocycles. The van der Waals surface area contributed by atoms with Crippen molar-refractivity contribution in [1.82, 2.24) is 0 Å². The van der Waals surface area contributed by atoms with E-state index in [1.807, 2.05) is 18.2 Å². The normalized spacial score (nSPS) is 15.7. The number of methoxy groups -OCH3 is 1. The molecule has 0 spiro atoms. The average molecular weight is 315 g/mol. The monoisotopic (exact) mass is 315 g/mol. The third-order valence-corrected chi connectivity index (χ3v) is 4.58. The Bertz CT molecular complexity index is 666. The number of nitrogens with one attached hydrogen (secondary N) is 1. The van der Waals surface area contributed by atoms with Gasteiger partial charge in [0, 0.05) is 5.56 Å². The van der Waals surface area contributed by atoms with Crippen molar-refractivity contribution in [2.75, 3.05) is 38.2 Å². The number of rotatable bonds is 4. The van der Waals surface area contributed by atoms with Gasteiger partial charge in [-0.3, -0.25) is 0 Å².